The SMILES string of the molecule is CCOCCCNC(=NCC(=O)N(C)C)NCC(C)(C)c1ccccc1Br.I. The lowest BCUT2D eigenvalue weighted by atomic mass is 9.84. The molecular weight excluding hydrogens is 535 g/mol. The van der Waals surface area contributed by atoms with Gasteiger partial charge in [-0.25, -0.2) is 4.99 Å². The summed E-state index contributed by atoms with van der Waals surface area (Å²) in [5, 5.41) is 6.67. The third-order valence-electron chi connectivity index (χ3n) is 4.13. The standard InChI is InChI=1S/C20H33BrN4O2.HI/c1-6-27-13-9-12-22-19(23-14-18(26)25(4)5)24-15-20(2,3)16-10-7-8-11-17(16)21;/h7-8,10-11H,6,9,12-15H2,1-5H3,(H2,22,23,24);1H. The minimum atomic E-state index is -0.112. The first-order valence-corrected chi connectivity index (χ1v) is 10.1. The smallest absolute Gasteiger partial charge is 0.243 e. The van der Waals surface area contributed by atoms with Gasteiger partial charge in [-0.1, -0.05) is 48.0 Å². The van der Waals surface area contributed by atoms with Gasteiger partial charge in [-0.15, -0.1) is 24.0 Å². The lowest BCUT2D eigenvalue weighted by Crippen LogP contribution is -2.44. The number of rotatable bonds is 10. The van der Waals surface area contributed by atoms with Gasteiger partial charge in [0.1, 0.15) is 6.54 Å². The van der Waals surface area contributed by atoms with Crippen molar-refractivity contribution in [1.82, 2.24) is 15.5 Å². The van der Waals surface area contributed by atoms with Crippen LogP contribution in [0.2, 0.25) is 0 Å². The van der Waals surface area contributed by atoms with Crippen LogP contribution in [0.5, 0.6) is 0 Å². The van der Waals surface area contributed by atoms with E-state index < -0.39 is 0 Å². The zero-order chi connectivity index (χ0) is 20.3. The first-order chi connectivity index (χ1) is 12.8. The maximum absolute atomic E-state index is 11.9. The summed E-state index contributed by atoms with van der Waals surface area (Å²) in [6, 6.07) is 8.22. The number of hydrogen-bond acceptors (Lipinski definition) is 3. The lowest BCUT2D eigenvalue weighted by Gasteiger charge is -2.28. The predicted molar refractivity (Wildman–Crippen MR) is 131 cm³/mol. The number of halogens is 2. The van der Waals surface area contributed by atoms with Crippen LogP contribution in [0.25, 0.3) is 0 Å². The first kappa shape index (κ1) is 27.1. The molecule has 1 aromatic rings. The van der Waals surface area contributed by atoms with Gasteiger partial charge >= 0.3 is 0 Å². The normalized spacial score (nSPS) is 11.6. The molecule has 6 nitrogen and oxygen atoms in total. The van der Waals surface area contributed by atoms with Gasteiger partial charge in [0.05, 0.1) is 0 Å². The highest BCUT2D eigenvalue weighted by molar-refractivity contribution is 14.0. The molecule has 0 spiro atoms. The molecule has 0 bridgehead atoms. The second kappa shape index (κ2) is 14.2. The summed E-state index contributed by atoms with van der Waals surface area (Å²) in [4.78, 5) is 17.8. The Bertz CT molecular complexity index is 624. The van der Waals surface area contributed by atoms with Crippen molar-refractivity contribution < 1.29 is 9.53 Å². The van der Waals surface area contributed by atoms with E-state index in [9.17, 15) is 4.79 Å². The third-order valence-corrected chi connectivity index (χ3v) is 4.83. The molecule has 0 saturated heterocycles. The number of benzene rings is 1. The van der Waals surface area contributed by atoms with Gasteiger partial charge in [0.15, 0.2) is 5.96 Å². The summed E-state index contributed by atoms with van der Waals surface area (Å²) in [6.45, 7) is 9.30. The van der Waals surface area contributed by atoms with Crippen LogP contribution < -0.4 is 10.6 Å². The molecule has 28 heavy (non-hydrogen) atoms. The number of nitrogens with zero attached hydrogens (tertiary/aromatic N) is 2. The van der Waals surface area contributed by atoms with Crippen LogP contribution in [0.15, 0.2) is 33.7 Å². The summed E-state index contributed by atoms with van der Waals surface area (Å²) in [7, 11) is 3.47. The van der Waals surface area contributed by atoms with Gasteiger partial charge in [-0.3, -0.25) is 4.79 Å². The van der Waals surface area contributed by atoms with Crippen molar-refractivity contribution in [2.75, 3.05) is 46.9 Å². The van der Waals surface area contributed by atoms with Gasteiger partial charge < -0.3 is 20.3 Å². The number of likely N-dealkylation sites (N-methyl/N-ethyl adjacent to an activating group) is 1. The van der Waals surface area contributed by atoms with Gasteiger partial charge in [-0.2, -0.15) is 0 Å². The number of amides is 1. The van der Waals surface area contributed by atoms with Crippen molar-refractivity contribution in [3.8, 4) is 0 Å². The molecule has 0 heterocycles. The Balaban J connectivity index is 0.00000729. The largest absolute Gasteiger partial charge is 0.382 e. The molecule has 0 saturated carbocycles. The average molecular weight is 569 g/mol. The van der Waals surface area contributed by atoms with Crippen molar-refractivity contribution in [3.05, 3.63) is 34.3 Å². The van der Waals surface area contributed by atoms with E-state index in [2.05, 4.69) is 51.5 Å². The molecule has 0 radical (unpaired) electrons. The van der Waals surface area contributed by atoms with E-state index >= 15 is 0 Å². The fourth-order valence-corrected chi connectivity index (χ4v) is 3.22. The molecule has 8 heteroatoms. The Labute approximate surface area is 195 Å². The molecule has 0 aromatic heterocycles. The number of carbonyl (C=O) groups excluding carboxylic acids is 1. The third kappa shape index (κ3) is 10.1. The molecule has 1 rings (SSSR count). The van der Waals surface area contributed by atoms with Crippen molar-refractivity contribution in [3.63, 3.8) is 0 Å². The zero-order valence-electron chi connectivity index (χ0n) is 17.5. The molecule has 1 amide bonds. The summed E-state index contributed by atoms with van der Waals surface area (Å²) in [5.74, 6) is 0.609. The maximum atomic E-state index is 11.9. The summed E-state index contributed by atoms with van der Waals surface area (Å²) in [6.07, 6.45) is 0.879. The molecule has 0 atom stereocenters. The molecule has 160 valence electrons. The van der Waals surface area contributed by atoms with Crippen molar-refractivity contribution in [2.45, 2.75) is 32.6 Å². The minimum absolute atomic E-state index is 0. The Morgan fingerprint density at radius 1 is 1.25 bits per heavy atom. The second-order valence-corrected chi connectivity index (χ2v) is 8.00. The molecule has 2 N–H and O–H groups in total. The summed E-state index contributed by atoms with van der Waals surface area (Å²) < 4.78 is 6.45. The Morgan fingerprint density at radius 3 is 2.54 bits per heavy atom. The molecule has 1 aromatic carbocycles. The van der Waals surface area contributed by atoms with E-state index in [0.717, 1.165) is 24.0 Å². The molecule has 0 fully saturated rings. The van der Waals surface area contributed by atoms with Crippen molar-refractivity contribution in [1.29, 1.82) is 0 Å². The number of aliphatic imine (C=N–C) groups is 1. The van der Waals surface area contributed by atoms with Gasteiger partial charge in [-0.05, 0) is 25.0 Å². The van der Waals surface area contributed by atoms with Crippen LogP contribution in [0.1, 0.15) is 32.8 Å². The Hall–Kier alpha value is -0.870. The van der Waals surface area contributed by atoms with Gasteiger partial charge in [0.2, 0.25) is 5.91 Å². The number of carbonyl (C=O) groups is 1. The lowest BCUT2D eigenvalue weighted by molar-refractivity contribution is -0.127. The number of ether oxygens (including phenoxy) is 1. The topological polar surface area (TPSA) is 66.0 Å². The summed E-state index contributed by atoms with van der Waals surface area (Å²) >= 11 is 3.63. The molecule has 0 aliphatic heterocycles. The van der Waals surface area contributed by atoms with Crippen LogP contribution >= 0.6 is 39.9 Å². The minimum Gasteiger partial charge on any atom is -0.382 e. The molecular formula is C20H34BrIN4O2. The van der Waals surface area contributed by atoms with E-state index in [1.807, 2.05) is 25.1 Å². The van der Waals surface area contributed by atoms with E-state index in [4.69, 9.17) is 4.74 Å². The van der Waals surface area contributed by atoms with Crippen LogP contribution in [0.4, 0.5) is 0 Å². The quantitative estimate of drug-likeness (QED) is 0.196. The fourth-order valence-electron chi connectivity index (χ4n) is 2.40. The highest BCUT2D eigenvalue weighted by atomic mass is 127. The Morgan fingerprint density at radius 2 is 1.93 bits per heavy atom. The van der Waals surface area contributed by atoms with Crippen LogP contribution in [-0.2, 0) is 14.9 Å². The van der Waals surface area contributed by atoms with Gasteiger partial charge in [0, 0.05) is 50.3 Å². The number of guanidine groups is 1. The summed E-state index contributed by atoms with van der Waals surface area (Å²) in [5.41, 5.74) is 1.11. The zero-order valence-corrected chi connectivity index (χ0v) is 21.5. The fraction of sp³-hybridized carbons (Fsp3) is 0.600. The van der Waals surface area contributed by atoms with E-state index in [-0.39, 0.29) is 41.8 Å². The van der Waals surface area contributed by atoms with Crippen molar-refractivity contribution >= 4 is 51.8 Å². The monoisotopic (exact) mass is 568 g/mol. The van der Waals surface area contributed by atoms with E-state index in [0.29, 0.717) is 19.1 Å². The average Bonchev–Trinajstić information content (AvgIpc) is 2.62. The Kier molecular flexibility index (Phi) is 13.7. The van der Waals surface area contributed by atoms with E-state index in [1.165, 1.54) is 5.56 Å². The van der Waals surface area contributed by atoms with Crippen LogP contribution in [0, 0.1) is 0 Å². The predicted octanol–water partition coefficient (Wildman–Crippen LogP) is 3.39. The first-order valence-electron chi connectivity index (χ1n) is 9.33. The highest BCUT2D eigenvalue weighted by Crippen LogP contribution is 2.29. The van der Waals surface area contributed by atoms with E-state index in [1.54, 1.807) is 19.0 Å². The highest BCUT2D eigenvalue weighted by Gasteiger charge is 2.23. The van der Waals surface area contributed by atoms with Crippen LogP contribution in [0.3, 0.4) is 0 Å². The number of nitrogens with one attached hydrogen (secondary N) is 2. The van der Waals surface area contributed by atoms with Gasteiger partial charge in [0.25, 0.3) is 0 Å². The van der Waals surface area contributed by atoms with Crippen molar-refractivity contribution in [2.24, 2.45) is 4.99 Å². The molecule has 0 aliphatic rings. The maximum Gasteiger partial charge on any atom is 0.243 e. The number of hydrogen-bond donors (Lipinski definition) is 2. The molecule has 0 aliphatic carbocycles. The molecule has 0 unspecified atom stereocenters. The van der Waals surface area contributed by atoms with Crippen LogP contribution in [-0.4, -0.2) is 63.7 Å². The second-order valence-electron chi connectivity index (χ2n) is 7.15.